The lowest BCUT2D eigenvalue weighted by Crippen LogP contribution is -2.38. The minimum absolute atomic E-state index is 0.0779. The number of carbonyl (C=O) groups excluding carboxylic acids is 1. The van der Waals surface area contributed by atoms with Crippen molar-refractivity contribution in [1.82, 2.24) is 19.7 Å². The van der Waals surface area contributed by atoms with Gasteiger partial charge >= 0.3 is 0 Å². The van der Waals surface area contributed by atoms with Crippen molar-refractivity contribution in [2.75, 3.05) is 13.1 Å². The summed E-state index contributed by atoms with van der Waals surface area (Å²) < 4.78 is 3.10. The zero-order valence-corrected chi connectivity index (χ0v) is 18.0. The number of thiazole rings is 1. The molecule has 1 aliphatic heterocycles. The predicted octanol–water partition coefficient (Wildman–Crippen LogP) is 5.12. The first-order valence-electron chi connectivity index (χ1n) is 10.4. The Kier molecular flexibility index (Phi) is 4.87. The van der Waals surface area contributed by atoms with E-state index in [0.717, 1.165) is 42.8 Å². The second kappa shape index (κ2) is 7.69. The maximum absolute atomic E-state index is 13.2. The molecule has 1 fully saturated rings. The fourth-order valence-corrected chi connectivity index (χ4v) is 5.34. The largest absolute Gasteiger partial charge is 0.338 e. The number of hydrogen-bond acceptors (Lipinski definition) is 4. The molecule has 4 aromatic rings. The highest BCUT2D eigenvalue weighted by Gasteiger charge is 2.28. The number of fused-ring (bicyclic) bond motifs is 1. The van der Waals surface area contributed by atoms with Crippen LogP contribution in [0.15, 0.2) is 54.7 Å². The lowest BCUT2D eigenvalue weighted by molar-refractivity contribution is 0.0712. The highest BCUT2D eigenvalue weighted by molar-refractivity contribution is 7.18. The molecule has 6 heteroatoms. The van der Waals surface area contributed by atoms with E-state index in [-0.39, 0.29) is 5.91 Å². The molecule has 1 saturated heterocycles. The lowest BCUT2D eigenvalue weighted by atomic mass is 9.97. The summed E-state index contributed by atoms with van der Waals surface area (Å²) in [6.07, 6.45) is 3.62. The van der Waals surface area contributed by atoms with Crippen molar-refractivity contribution in [3.05, 3.63) is 76.6 Å². The Morgan fingerprint density at radius 2 is 1.87 bits per heavy atom. The SMILES string of the molecule is Cc1cccc(-n2ncc(C(=O)N3CCC(c4nc5ccccc5s4)CC3)c2C)c1. The Morgan fingerprint density at radius 3 is 2.63 bits per heavy atom. The molecule has 0 bridgehead atoms. The van der Waals surface area contributed by atoms with Crippen LogP contribution in [-0.2, 0) is 0 Å². The van der Waals surface area contributed by atoms with E-state index >= 15 is 0 Å². The van der Waals surface area contributed by atoms with Gasteiger partial charge in [0.1, 0.15) is 0 Å². The van der Waals surface area contributed by atoms with E-state index in [1.54, 1.807) is 17.5 Å². The first-order valence-corrected chi connectivity index (χ1v) is 11.2. The van der Waals surface area contributed by atoms with E-state index in [4.69, 9.17) is 4.98 Å². The number of aromatic nitrogens is 3. The van der Waals surface area contributed by atoms with Crippen LogP contribution in [-0.4, -0.2) is 38.7 Å². The van der Waals surface area contributed by atoms with Gasteiger partial charge < -0.3 is 4.90 Å². The van der Waals surface area contributed by atoms with Gasteiger partial charge in [-0.25, -0.2) is 9.67 Å². The molecular weight excluding hydrogens is 392 g/mol. The van der Waals surface area contributed by atoms with Crippen LogP contribution in [0, 0.1) is 13.8 Å². The summed E-state index contributed by atoms with van der Waals surface area (Å²) in [5.41, 5.74) is 4.82. The Hall–Kier alpha value is -2.99. The van der Waals surface area contributed by atoms with Gasteiger partial charge in [0.05, 0.1) is 38.4 Å². The molecule has 2 aromatic heterocycles. The Morgan fingerprint density at radius 1 is 1.07 bits per heavy atom. The number of benzene rings is 2. The summed E-state index contributed by atoms with van der Waals surface area (Å²) in [6.45, 7) is 5.55. The number of hydrogen-bond donors (Lipinski definition) is 0. The predicted molar refractivity (Wildman–Crippen MR) is 121 cm³/mol. The molecule has 5 nitrogen and oxygen atoms in total. The zero-order valence-electron chi connectivity index (χ0n) is 17.2. The fraction of sp³-hybridized carbons (Fsp3) is 0.292. The fourth-order valence-electron chi connectivity index (χ4n) is 4.20. The lowest BCUT2D eigenvalue weighted by Gasteiger charge is -2.31. The third-order valence-corrected chi connectivity index (χ3v) is 7.13. The Balaban J connectivity index is 1.30. The van der Waals surface area contributed by atoms with E-state index in [9.17, 15) is 4.79 Å². The third-order valence-electron chi connectivity index (χ3n) is 5.93. The molecule has 0 atom stereocenters. The maximum Gasteiger partial charge on any atom is 0.257 e. The number of nitrogens with zero attached hydrogens (tertiary/aromatic N) is 4. The molecule has 0 aliphatic carbocycles. The van der Waals surface area contributed by atoms with E-state index in [1.165, 1.54) is 15.3 Å². The Bertz CT molecular complexity index is 1180. The van der Waals surface area contributed by atoms with E-state index < -0.39 is 0 Å². The van der Waals surface area contributed by atoms with Gasteiger partial charge in [-0.3, -0.25) is 4.79 Å². The third kappa shape index (κ3) is 3.41. The van der Waals surface area contributed by atoms with E-state index in [1.807, 2.05) is 34.7 Å². The van der Waals surface area contributed by atoms with Crippen molar-refractivity contribution in [3.63, 3.8) is 0 Å². The molecule has 1 aliphatic rings. The number of carbonyl (C=O) groups is 1. The molecule has 3 heterocycles. The van der Waals surface area contributed by atoms with Crippen LogP contribution < -0.4 is 0 Å². The molecule has 2 aromatic carbocycles. The minimum atomic E-state index is 0.0779. The highest BCUT2D eigenvalue weighted by atomic mass is 32.1. The topological polar surface area (TPSA) is 51.0 Å². The second-order valence-electron chi connectivity index (χ2n) is 7.98. The number of rotatable bonds is 3. The monoisotopic (exact) mass is 416 g/mol. The molecule has 0 radical (unpaired) electrons. The van der Waals surface area contributed by atoms with Crippen LogP contribution in [0.25, 0.3) is 15.9 Å². The van der Waals surface area contributed by atoms with E-state index in [0.29, 0.717) is 11.5 Å². The quantitative estimate of drug-likeness (QED) is 0.466. The van der Waals surface area contributed by atoms with Crippen LogP contribution in [0.4, 0.5) is 0 Å². The van der Waals surface area contributed by atoms with Crippen LogP contribution in [0.1, 0.15) is 45.4 Å². The van der Waals surface area contributed by atoms with Gasteiger partial charge in [0.15, 0.2) is 0 Å². The van der Waals surface area contributed by atoms with Crippen molar-refractivity contribution < 1.29 is 4.79 Å². The Labute approximate surface area is 180 Å². The smallest absolute Gasteiger partial charge is 0.257 e. The molecule has 0 unspecified atom stereocenters. The second-order valence-corrected chi connectivity index (χ2v) is 9.04. The summed E-state index contributed by atoms with van der Waals surface area (Å²) in [6, 6.07) is 16.5. The zero-order chi connectivity index (χ0) is 20.7. The molecule has 5 rings (SSSR count). The number of piperidine rings is 1. The van der Waals surface area contributed by atoms with Crippen molar-refractivity contribution in [2.45, 2.75) is 32.6 Å². The molecule has 1 amide bonds. The first-order chi connectivity index (χ1) is 14.6. The number of amides is 1. The molecule has 0 spiro atoms. The summed E-state index contributed by atoms with van der Waals surface area (Å²) in [5, 5.41) is 5.69. The highest BCUT2D eigenvalue weighted by Crippen LogP contribution is 2.34. The van der Waals surface area contributed by atoms with Gasteiger partial charge in [0.2, 0.25) is 0 Å². The summed E-state index contributed by atoms with van der Waals surface area (Å²) in [4.78, 5) is 20.0. The van der Waals surface area contributed by atoms with Crippen molar-refractivity contribution in [1.29, 1.82) is 0 Å². The van der Waals surface area contributed by atoms with Crippen LogP contribution in [0.2, 0.25) is 0 Å². The number of para-hydroxylation sites is 1. The van der Waals surface area contributed by atoms with Crippen LogP contribution in [0.3, 0.4) is 0 Å². The molecular formula is C24H24N4OS. The standard InChI is InChI=1S/C24H24N4OS/c1-16-6-5-7-19(14-16)28-17(2)20(15-25-28)24(29)27-12-10-18(11-13-27)23-26-21-8-3-4-9-22(21)30-23/h3-9,14-15,18H,10-13H2,1-2H3. The van der Waals surface area contributed by atoms with Crippen LogP contribution in [0.5, 0.6) is 0 Å². The minimum Gasteiger partial charge on any atom is -0.338 e. The van der Waals surface area contributed by atoms with E-state index in [2.05, 4.69) is 42.4 Å². The van der Waals surface area contributed by atoms with Crippen molar-refractivity contribution >= 4 is 27.5 Å². The number of aryl methyl sites for hydroxylation is 1. The van der Waals surface area contributed by atoms with Gasteiger partial charge in [0, 0.05) is 19.0 Å². The summed E-state index contributed by atoms with van der Waals surface area (Å²) in [5.74, 6) is 0.511. The number of likely N-dealkylation sites (tertiary alicyclic amines) is 1. The average molecular weight is 417 g/mol. The average Bonchev–Trinajstić information content (AvgIpc) is 3.37. The molecule has 0 N–H and O–H groups in total. The normalized spacial score (nSPS) is 15.1. The van der Waals surface area contributed by atoms with Crippen LogP contribution >= 0.6 is 11.3 Å². The van der Waals surface area contributed by atoms with Gasteiger partial charge in [-0.2, -0.15) is 5.10 Å². The van der Waals surface area contributed by atoms with Gasteiger partial charge in [-0.05, 0) is 56.5 Å². The van der Waals surface area contributed by atoms with Gasteiger partial charge in [0.25, 0.3) is 5.91 Å². The maximum atomic E-state index is 13.2. The molecule has 0 saturated carbocycles. The van der Waals surface area contributed by atoms with Gasteiger partial charge in [-0.1, -0.05) is 24.3 Å². The van der Waals surface area contributed by atoms with Crippen molar-refractivity contribution in [3.8, 4) is 5.69 Å². The summed E-state index contributed by atoms with van der Waals surface area (Å²) >= 11 is 1.79. The van der Waals surface area contributed by atoms with Crippen molar-refractivity contribution in [2.24, 2.45) is 0 Å². The van der Waals surface area contributed by atoms with Gasteiger partial charge in [-0.15, -0.1) is 11.3 Å². The summed E-state index contributed by atoms with van der Waals surface area (Å²) in [7, 11) is 0. The molecule has 30 heavy (non-hydrogen) atoms. The first kappa shape index (κ1) is 19.0. The molecule has 152 valence electrons.